The number of aromatic nitrogens is 1. The van der Waals surface area contributed by atoms with Gasteiger partial charge in [-0.2, -0.15) is 8.42 Å². The number of nitrogens with one attached hydrogen (secondary N) is 2. The molecule has 3 rings (SSSR count). The van der Waals surface area contributed by atoms with Crippen LogP contribution < -0.4 is 15.8 Å². The standard InChI is InChI=1S/C17H19ClN4O6S/c1-28-11-6-9(18)12-8(7-29(25,26)27)14(16(24)21-17(19)20)22-5-3-2-4-10(23)13(11)15(12)22/h6H,2-5,7H2,1H3,(H,25,26,27)(H4,19,20,21,24). The van der Waals surface area contributed by atoms with Crippen LogP contribution in [0, 0.1) is 5.41 Å². The van der Waals surface area contributed by atoms with Crippen molar-refractivity contribution in [2.45, 2.75) is 31.6 Å². The predicted molar refractivity (Wildman–Crippen MR) is 106 cm³/mol. The van der Waals surface area contributed by atoms with Gasteiger partial charge in [-0.1, -0.05) is 11.6 Å². The van der Waals surface area contributed by atoms with Crippen molar-refractivity contribution in [3.8, 4) is 5.75 Å². The lowest BCUT2D eigenvalue weighted by Crippen LogP contribution is -2.37. The summed E-state index contributed by atoms with van der Waals surface area (Å²) in [5, 5.41) is 9.67. The van der Waals surface area contributed by atoms with Gasteiger partial charge < -0.3 is 15.0 Å². The van der Waals surface area contributed by atoms with E-state index >= 15 is 0 Å². The van der Waals surface area contributed by atoms with Crippen LogP contribution in [-0.2, 0) is 22.4 Å². The van der Waals surface area contributed by atoms with E-state index in [0.29, 0.717) is 12.8 Å². The number of rotatable bonds is 4. The Morgan fingerprint density at radius 1 is 1.45 bits per heavy atom. The number of ketones is 1. The predicted octanol–water partition coefficient (Wildman–Crippen LogP) is 1.68. The molecule has 0 radical (unpaired) electrons. The Labute approximate surface area is 171 Å². The SMILES string of the molecule is COc1cc(Cl)c2c(CS(=O)(=O)O)c(C(=O)NC(=N)N)n3c2c1C(=O)CCCC3. The molecule has 0 aliphatic carbocycles. The lowest BCUT2D eigenvalue weighted by atomic mass is 9.99. The van der Waals surface area contributed by atoms with E-state index in [0.717, 1.165) is 0 Å². The first-order valence-corrected chi connectivity index (χ1v) is 10.6. The fraction of sp³-hybridized carbons (Fsp3) is 0.353. The Kier molecular flexibility index (Phi) is 5.57. The maximum atomic E-state index is 12.8. The number of hydrogen-bond donors (Lipinski definition) is 4. The van der Waals surface area contributed by atoms with Gasteiger partial charge in [0.2, 0.25) is 0 Å². The third-order valence-corrected chi connectivity index (χ3v) is 5.62. The Morgan fingerprint density at radius 3 is 2.72 bits per heavy atom. The summed E-state index contributed by atoms with van der Waals surface area (Å²) in [4.78, 5) is 25.6. The van der Waals surface area contributed by atoms with E-state index in [-0.39, 0.29) is 57.2 Å². The molecule has 0 saturated heterocycles. The summed E-state index contributed by atoms with van der Waals surface area (Å²) in [6, 6.07) is 1.38. The monoisotopic (exact) mass is 442 g/mol. The molecule has 0 bridgehead atoms. The van der Waals surface area contributed by atoms with Crippen molar-refractivity contribution in [2.24, 2.45) is 5.73 Å². The first-order chi connectivity index (χ1) is 13.5. The fourth-order valence-corrected chi connectivity index (χ4v) is 4.61. The minimum atomic E-state index is -4.56. The Hall–Kier alpha value is -2.63. The summed E-state index contributed by atoms with van der Waals surface area (Å²) in [6.45, 7) is 0.284. The smallest absolute Gasteiger partial charge is 0.274 e. The van der Waals surface area contributed by atoms with Crippen LogP contribution in [0.5, 0.6) is 5.75 Å². The molecular weight excluding hydrogens is 424 g/mol. The summed E-state index contributed by atoms with van der Waals surface area (Å²) in [5.74, 6) is -2.43. The van der Waals surface area contributed by atoms with Crippen molar-refractivity contribution >= 4 is 50.3 Å². The molecule has 0 fully saturated rings. The van der Waals surface area contributed by atoms with Gasteiger partial charge in [0, 0.05) is 30.0 Å². The molecule has 1 aromatic heterocycles. The van der Waals surface area contributed by atoms with E-state index in [1.165, 1.54) is 17.7 Å². The molecule has 2 heterocycles. The first kappa shape index (κ1) is 21.1. The lowest BCUT2D eigenvalue weighted by molar-refractivity contribution is 0.0955. The fourth-order valence-electron chi connectivity index (χ4n) is 3.66. The molecule has 12 heteroatoms. The molecule has 1 amide bonds. The summed E-state index contributed by atoms with van der Waals surface area (Å²) < 4.78 is 39.6. The molecule has 0 unspecified atom stereocenters. The Bertz CT molecular complexity index is 1150. The topological polar surface area (TPSA) is 165 Å². The number of nitrogens with two attached hydrogens (primary N) is 1. The molecular formula is C17H19ClN4O6S. The molecule has 1 aliphatic heterocycles. The van der Waals surface area contributed by atoms with Crippen LogP contribution in [0.15, 0.2) is 6.07 Å². The minimum Gasteiger partial charge on any atom is -0.496 e. The Morgan fingerprint density at radius 2 is 2.14 bits per heavy atom. The number of Topliss-reactive ketones (excluding diaryl/α,β-unsaturated/α-hetero) is 1. The van der Waals surface area contributed by atoms with Crippen molar-refractivity contribution in [1.29, 1.82) is 5.41 Å². The first-order valence-electron chi connectivity index (χ1n) is 8.60. The molecule has 0 atom stereocenters. The highest BCUT2D eigenvalue weighted by atomic mass is 35.5. The van der Waals surface area contributed by atoms with Gasteiger partial charge in [0.15, 0.2) is 11.7 Å². The molecule has 29 heavy (non-hydrogen) atoms. The molecule has 0 saturated carbocycles. The number of hydrogen-bond acceptors (Lipinski definition) is 6. The number of nitrogens with zero attached hydrogens (tertiary/aromatic N) is 1. The average molecular weight is 443 g/mol. The van der Waals surface area contributed by atoms with E-state index in [4.69, 9.17) is 27.5 Å². The third kappa shape index (κ3) is 3.93. The van der Waals surface area contributed by atoms with Gasteiger partial charge in [-0.15, -0.1) is 0 Å². The molecule has 5 N–H and O–H groups in total. The second-order valence-corrected chi connectivity index (χ2v) is 8.47. The van der Waals surface area contributed by atoms with Crippen LogP contribution in [0.25, 0.3) is 10.9 Å². The van der Waals surface area contributed by atoms with Gasteiger partial charge in [-0.25, -0.2) is 0 Å². The van der Waals surface area contributed by atoms with Crippen molar-refractivity contribution in [3.63, 3.8) is 0 Å². The van der Waals surface area contributed by atoms with Crippen LogP contribution in [0.3, 0.4) is 0 Å². The van der Waals surface area contributed by atoms with Crippen LogP contribution in [0.4, 0.5) is 0 Å². The highest BCUT2D eigenvalue weighted by Crippen LogP contribution is 2.41. The largest absolute Gasteiger partial charge is 0.496 e. The molecule has 1 aliphatic rings. The van der Waals surface area contributed by atoms with Crippen LogP contribution in [0.2, 0.25) is 5.02 Å². The van der Waals surface area contributed by atoms with Crippen molar-refractivity contribution < 1.29 is 27.3 Å². The summed E-state index contributed by atoms with van der Waals surface area (Å²) in [5.41, 5.74) is 5.49. The van der Waals surface area contributed by atoms with Gasteiger partial charge in [0.05, 0.1) is 23.2 Å². The van der Waals surface area contributed by atoms with Crippen molar-refractivity contribution in [3.05, 3.63) is 27.9 Å². The van der Waals surface area contributed by atoms with Crippen LogP contribution in [0.1, 0.15) is 45.7 Å². The van der Waals surface area contributed by atoms with Crippen LogP contribution in [-0.4, -0.2) is 42.3 Å². The quantitative estimate of drug-likeness (QED) is 0.317. The number of carbonyl (C=O) groups is 2. The van der Waals surface area contributed by atoms with E-state index in [2.05, 4.69) is 5.32 Å². The number of methoxy groups -OCH3 is 1. The zero-order valence-electron chi connectivity index (χ0n) is 15.4. The van der Waals surface area contributed by atoms with Gasteiger partial charge in [-0.3, -0.25) is 24.9 Å². The van der Waals surface area contributed by atoms with E-state index < -0.39 is 27.7 Å². The summed E-state index contributed by atoms with van der Waals surface area (Å²) in [6.07, 6.45) is 1.33. The van der Waals surface area contributed by atoms with Crippen molar-refractivity contribution in [2.75, 3.05) is 7.11 Å². The molecule has 0 spiro atoms. The van der Waals surface area contributed by atoms with Gasteiger partial charge >= 0.3 is 0 Å². The van der Waals surface area contributed by atoms with Crippen molar-refractivity contribution in [1.82, 2.24) is 9.88 Å². The maximum absolute atomic E-state index is 12.8. The second kappa shape index (κ2) is 7.65. The van der Waals surface area contributed by atoms with E-state index in [1.54, 1.807) is 0 Å². The summed E-state index contributed by atoms with van der Waals surface area (Å²) in [7, 11) is -3.19. The van der Waals surface area contributed by atoms with E-state index in [9.17, 15) is 22.6 Å². The minimum absolute atomic E-state index is 0.0586. The molecule has 156 valence electrons. The zero-order chi connectivity index (χ0) is 21.5. The highest BCUT2D eigenvalue weighted by molar-refractivity contribution is 7.85. The normalized spacial score (nSPS) is 14.4. The molecule has 1 aromatic carbocycles. The number of amides is 1. The van der Waals surface area contributed by atoms with E-state index in [1.807, 2.05) is 0 Å². The number of benzene rings is 1. The molecule has 2 aromatic rings. The van der Waals surface area contributed by atoms with Gasteiger partial charge in [0.25, 0.3) is 16.0 Å². The maximum Gasteiger partial charge on any atom is 0.274 e. The average Bonchev–Trinajstić information content (AvgIpc) is 2.88. The number of ether oxygens (including phenoxy) is 1. The number of aryl methyl sites for hydroxylation is 1. The highest BCUT2D eigenvalue weighted by Gasteiger charge is 2.32. The number of guanidine groups is 1. The van der Waals surface area contributed by atoms with Gasteiger partial charge in [0.1, 0.15) is 17.2 Å². The number of carbonyl (C=O) groups excluding carboxylic acids is 2. The second-order valence-electron chi connectivity index (χ2n) is 6.61. The zero-order valence-corrected chi connectivity index (χ0v) is 17.0. The number of halogens is 1. The lowest BCUT2D eigenvalue weighted by Gasteiger charge is -2.17. The van der Waals surface area contributed by atoms with Gasteiger partial charge in [-0.05, 0) is 12.8 Å². The molecule has 10 nitrogen and oxygen atoms in total. The summed E-state index contributed by atoms with van der Waals surface area (Å²) >= 11 is 6.39. The third-order valence-electron chi connectivity index (χ3n) is 4.67. The Balaban J connectivity index is 2.52. The van der Waals surface area contributed by atoms with Crippen LogP contribution >= 0.6 is 11.6 Å².